The minimum atomic E-state index is 0.220. The van der Waals surface area contributed by atoms with Crippen molar-refractivity contribution < 1.29 is 4.74 Å². The highest BCUT2D eigenvalue weighted by Crippen LogP contribution is 2.29. The molecule has 1 rings (SSSR count). The number of nitrogens with one attached hydrogen (secondary N) is 1. The van der Waals surface area contributed by atoms with Crippen LogP contribution < -0.4 is 10.1 Å². The Morgan fingerprint density at radius 1 is 1.12 bits per heavy atom. The minimum absolute atomic E-state index is 0.220. The van der Waals surface area contributed by atoms with Gasteiger partial charge in [-0.2, -0.15) is 0 Å². The molecule has 0 amide bonds. The third-order valence-electron chi connectivity index (χ3n) is 3.05. The maximum atomic E-state index is 5.87. The lowest BCUT2D eigenvalue weighted by Gasteiger charge is -2.24. The Morgan fingerprint density at radius 3 is 2.35 bits per heavy atom. The summed E-state index contributed by atoms with van der Waals surface area (Å²) in [6, 6.07) is 8.79. The Kier molecular flexibility index (Phi) is 5.49. The highest BCUT2D eigenvalue weighted by Gasteiger charge is 2.17. The van der Waals surface area contributed by atoms with Gasteiger partial charge < -0.3 is 10.1 Å². The van der Waals surface area contributed by atoms with Crippen LogP contribution in [0.3, 0.4) is 0 Å². The van der Waals surface area contributed by atoms with E-state index in [0.717, 1.165) is 12.3 Å². The van der Waals surface area contributed by atoms with Crippen LogP contribution in [0, 0.1) is 0 Å². The van der Waals surface area contributed by atoms with E-state index in [4.69, 9.17) is 4.74 Å². The summed E-state index contributed by atoms with van der Waals surface area (Å²) < 4.78 is 5.87. The van der Waals surface area contributed by atoms with Gasteiger partial charge in [-0.15, -0.1) is 0 Å². The molecule has 0 saturated carbocycles. The molecule has 1 aromatic rings. The van der Waals surface area contributed by atoms with E-state index in [0.29, 0.717) is 12.0 Å². The fourth-order valence-corrected chi connectivity index (χ4v) is 1.99. The Balaban J connectivity index is 2.88. The van der Waals surface area contributed by atoms with Crippen LogP contribution in [0.15, 0.2) is 24.3 Å². The van der Waals surface area contributed by atoms with Crippen molar-refractivity contribution in [2.45, 2.75) is 52.7 Å². The zero-order chi connectivity index (χ0) is 12.8. The third-order valence-corrected chi connectivity index (χ3v) is 3.05. The molecule has 0 aromatic heterocycles. The molecular weight excluding hydrogens is 210 g/mol. The van der Waals surface area contributed by atoms with Crippen molar-refractivity contribution in [3.63, 3.8) is 0 Å². The summed E-state index contributed by atoms with van der Waals surface area (Å²) in [5, 5.41) is 3.47. The molecule has 0 radical (unpaired) electrons. The maximum Gasteiger partial charge on any atom is 0.123 e. The second-order valence-electron chi connectivity index (χ2n) is 4.84. The van der Waals surface area contributed by atoms with Crippen molar-refractivity contribution in [3.8, 4) is 5.75 Å². The van der Waals surface area contributed by atoms with E-state index in [1.165, 1.54) is 5.56 Å². The van der Waals surface area contributed by atoms with E-state index in [2.05, 4.69) is 58.1 Å². The van der Waals surface area contributed by atoms with Gasteiger partial charge in [0.05, 0.1) is 6.10 Å². The van der Waals surface area contributed by atoms with Gasteiger partial charge in [-0.3, -0.25) is 0 Å². The second-order valence-corrected chi connectivity index (χ2v) is 4.84. The molecule has 2 atom stereocenters. The van der Waals surface area contributed by atoms with Crippen LogP contribution in [-0.2, 0) is 0 Å². The number of rotatable bonds is 6. The molecule has 2 nitrogen and oxygen atoms in total. The van der Waals surface area contributed by atoms with Crippen LogP contribution in [0.4, 0.5) is 0 Å². The lowest BCUT2D eigenvalue weighted by Crippen LogP contribution is -2.30. The number of hydrogen-bond donors (Lipinski definition) is 1. The van der Waals surface area contributed by atoms with Gasteiger partial charge in [0, 0.05) is 6.04 Å². The van der Waals surface area contributed by atoms with Gasteiger partial charge in [0.1, 0.15) is 5.75 Å². The number of hydrogen-bond acceptors (Lipinski definition) is 2. The van der Waals surface area contributed by atoms with E-state index in [9.17, 15) is 0 Å². The van der Waals surface area contributed by atoms with E-state index in [1.54, 1.807) is 0 Å². The van der Waals surface area contributed by atoms with Gasteiger partial charge in [-0.05, 0) is 44.9 Å². The summed E-state index contributed by atoms with van der Waals surface area (Å²) in [5.74, 6) is 1.46. The molecule has 0 fully saturated rings. The summed E-state index contributed by atoms with van der Waals surface area (Å²) in [5.41, 5.74) is 1.29. The molecule has 0 saturated heterocycles. The van der Waals surface area contributed by atoms with Crippen molar-refractivity contribution in [1.82, 2.24) is 5.32 Å². The summed E-state index contributed by atoms with van der Waals surface area (Å²) in [6.07, 6.45) is 0.220. The lowest BCUT2D eigenvalue weighted by atomic mass is 9.93. The van der Waals surface area contributed by atoms with Gasteiger partial charge in [-0.1, -0.05) is 32.0 Å². The molecule has 2 heteroatoms. The molecule has 17 heavy (non-hydrogen) atoms. The molecule has 0 aliphatic carbocycles. The Hall–Kier alpha value is -1.02. The van der Waals surface area contributed by atoms with E-state index < -0.39 is 0 Å². The summed E-state index contributed by atoms with van der Waals surface area (Å²) in [6.45, 7) is 11.7. The molecule has 1 N–H and O–H groups in total. The van der Waals surface area contributed by atoms with E-state index in [1.807, 2.05) is 6.07 Å². The first-order chi connectivity index (χ1) is 8.06. The quantitative estimate of drug-likeness (QED) is 0.814. The monoisotopic (exact) mass is 235 g/mol. The van der Waals surface area contributed by atoms with E-state index in [-0.39, 0.29) is 6.10 Å². The smallest absolute Gasteiger partial charge is 0.123 e. The number of benzene rings is 1. The number of ether oxygens (including phenoxy) is 1. The van der Waals surface area contributed by atoms with Crippen LogP contribution in [0.5, 0.6) is 5.75 Å². The normalized spacial score (nSPS) is 14.7. The van der Waals surface area contributed by atoms with Gasteiger partial charge in [0.15, 0.2) is 0 Å². The van der Waals surface area contributed by atoms with Crippen molar-refractivity contribution >= 4 is 0 Å². The van der Waals surface area contributed by atoms with Crippen LogP contribution >= 0.6 is 0 Å². The zero-order valence-corrected chi connectivity index (χ0v) is 11.7. The summed E-state index contributed by atoms with van der Waals surface area (Å²) in [7, 11) is 0. The highest BCUT2D eigenvalue weighted by atomic mass is 16.5. The van der Waals surface area contributed by atoms with E-state index >= 15 is 0 Å². The Morgan fingerprint density at radius 2 is 1.76 bits per heavy atom. The standard InChI is InChI=1S/C15H25NO/c1-6-16-13(5)12(4)14-9-7-8-10-15(14)17-11(2)3/h7-13,16H,6H2,1-5H3. The van der Waals surface area contributed by atoms with Crippen LogP contribution in [0.25, 0.3) is 0 Å². The van der Waals surface area contributed by atoms with Crippen molar-refractivity contribution in [2.75, 3.05) is 6.54 Å². The summed E-state index contributed by atoms with van der Waals surface area (Å²) >= 11 is 0. The molecular formula is C15H25NO. The van der Waals surface area contributed by atoms with Crippen molar-refractivity contribution in [1.29, 1.82) is 0 Å². The predicted octanol–water partition coefficient (Wildman–Crippen LogP) is 3.58. The second kappa shape index (κ2) is 6.65. The molecule has 0 heterocycles. The fraction of sp³-hybridized carbons (Fsp3) is 0.600. The highest BCUT2D eigenvalue weighted by molar-refractivity contribution is 5.36. The molecule has 1 aromatic carbocycles. The lowest BCUT2D eigenvalue weighted by molar-refractivity contribution is 0.238. The average molecular weight is 235 g/mol. The molecule has 2 unspecified atom stereocenters. The van der Waals surface area contributed by atoms with Crippen LogP contribution in [0.2, 0.25) is 0 Å². The first-order valence-corrected chi connectivity index (χ1v) is 6.55. The molecule has 96 valence electrons. The Labute approximate surface area is 105 Å². The summed E-state index contributed by atoms with van der Waals surface area (Å²) in [4.78, 5) is 0. The van der Waals surface area contributed by atoms with Gasteiger partial charge >= 0.3 is 0 Å². The first-order valence-electron chi connectivity index (χ1n) is 6.55. The maximum absolute atomic E-state index is 5.87. The van der Waals surface area contributed by atoms with Crippen molar-refractivity contribution in [2.24, 2.45) is 0 Å². The van der Waals surface area contributed by atoms with Crippen LogP contribution in [0.1, 0.15) is 46.1 Å². The fourth-order valence-electron chi connectivity index (χ4n) is 1.99. The SMILES string of the molecule is CCNC(C)C(C)c1ccccc1OC(C)C. The minimum Gasteiger partial charge on any atom is -0.491 e. The van der Waals surface area contributed by atoms with Gasteiger partial charge in [-0.25, -0.2) is 0 Å². The molecule has 0 spiro atoms. The first kappa shape index (κ1) is 14.0. The molecule has 0 bridgehead atoms. The van der Waals surface area contributed by atoms with Crippen LogP contribution in [-0.4, -0.2) is 18.7 Å². The molecule has 0 aliphatic rings. The van der Waals surface area contributed by atoms with Crippen molar-refractivity contribution in [3.05, 3.63) is 29.8 Å². The topological polar surface area (TPSA) is 21.3 Å². The zero-order valence-electron chi connectivity index (χ0n) is 11.7. The largest absolute Gasteiger partial charge is 0.491 e. The predicted molar refractivity (Wildman–Crippen MR) is 73.8 cm³/mol. The van der Waals surface area contributed by atoms with Gasteiger partial charge in [0.25, 0.3) is 0 Å². The molecule has 0 aliphatic heterocycles. The number of likely N-dealkylation sites (N-methyl/N-ethyl adjacent to an activating group) is 1. The Bertz CT molecular complexity index is 335. The third kappa shape index (κ3) is 4.04. The van der Waals surface area contributed by atoms with Gasteiger partial charge in [0.2, 0.25) is 0 Å². The average Bonchev–Trinajstić information content (AvgIpc) is 2.28. The number of para-hydroxylation sites is 1.